The summed E-state index contributed by atoms with van der Waals surface area (Å²) in [5, 5.41) is 2.74. The van der Waals surface area contributed by atoms with Crippen molar-refractivity contribution in [1.82, 2.24) is 10.2 Å². The van der Waals surface area contributed by atoms with E-state index >= 15 is 0 Å². The van der Waals surface area contributed by atoms with Crippen LogP contribution in [0.1, 0.15) is 49.8 Å². The van der Waals surface area contributed by atoms with Crippen molar-refractivity contribution in [3.8, 4) is 0 Å². The van der Waals surface area contributed by atoms with Gasteiger partial charge in [-0.25, -0.2) is 17.2 Å². The molecule has 2 aromatic rings. The van der Waals surface area contributed by atoms with Crippen molar-refractivity contribution in [3.63, 3.8) is 0 Å². The van der Waals surface area contributed by atoms with Crippen LogP contribution < -0.4 is 5.32 Å². The van der Waals surface area contributed by atoms with E-state index in [1.165, 1.54) is 11.0 Å². The first-order valence-electron chi connectivity index (χ1n) is 13.1. The molecule has 1 saturated carbocycles. The van der Waals surface area contributed by atoms with E-state index in [2.05, 4.69) is 5.32 Å². The number of fused-ring (bicyclic) bond motifs is 3. The van der Waals surface area contributed by atoms with Crippen LogP contribution in [0.3, 0.4) is 0 Å². The highest BCUT2D eigenvalue weighted by Crippen LogP contribution is 2.60. The van der Waals surface area contributed by atoms with Gasteiger partial charge < -0.3 is 10.2 Å². The maximum atomic E-state index is 14.9. The molecule has 0 bridgehead atoms. The van der Waals surface area contributed by atoms with E-state index < -0.39 is 49.6 Å². The Morgan fingerprint density at radius 2 is 1.75 bits per heavy atom. The molecule has 40 heavy (non-hydrogen) atoms. The van der Waals surface area contributed by atoms with Gasteiger partial charge in [-0.3, -0.25) is 9.59 Å². The number of rotatable bonds is 4. The number of amides is 2. The van der Waals surface area contributed by atoms with Gasteiger partial charge >= 0.3 is 6.18 Å². The molecule has 3 aliphatic rings. The second-order valence-corrected chi connectivity index (χ2v) is 13.4. The van der Waals surface area contributed by atoms with Gasteiger partial charge in [0.25, 0.3) is 0 Å². The highest BCUT2D eigenvalue weighted by atomic mass is 32.2. The number of nitrogens with one attached hydrogen (secondary N) is 1. The van der Waals surface area contributed by atoms with Crippen LogP contribution in [-0.4, -0.2) is 50.4 Å². The van der Waals surface area contributed by atoms with Crippen molar-refractivity contribution >= 4 is 21.7 Å². The third kappa shape index (κ3) is 4.29. The second-order valence-electron chi connectivity index (χ2n) is 11.2. The highest BCUT2D eigenvalue weighted by molar-refractivity contribution is 7.92. The Labute approximate surface area is 228 Å². The van der Waals surface area contributed by atoms with Gasteiger partial charge in [0.2, 0.25) is 17.5 Å². The fourth-order valence-corrected chi connectivity index (χ4v) is 9.24. The topological polar surface area (TPSA) is 83.6 Å². The second kappa shape index (κ2) is 9.53. The molecule has 216 valence electrons. The van der Waals surface area contributed by atoms with Crippen LogP contribution in [-0.2, 0) is 36.3 Å². The van der Waals surface area contributed by atoms with Crippen LogP contribution in [0.25, 0.3) is 0 Å². The number of piperazine rings is 1. The minimum atomic E-state index is -5.18. The van der Waals surface area contributed by atoms with Crippen molar-refractivity contribution < 1.29 is 40.0 Å². The number of sulfone groups is 1. The summed E-state index contributed by atoms with van der Waals surface area (Å²) in [4.78, 5) is 27.1. The van der Waals surface area contributed by atoms with Gasteiger partial charge in [0.05, 0.1) is 11.4 Å². The third-order valence-corrected chi connectivity index (χ3v) is 11.3. The summed E-state index contributed by atoms with van der Waals surface area (Å²) < 4.78 is 96.1. The van der Waals surface area contributed by atoms with Crippen LogP contribution >= 0.6 is 0 Å². The number of halogens is 5. The lowest BCUT2D eigenvalue weighted by molar-refractivity contribution is -0.228. The van der Waals surface area contributed by atoms with Gasteiger partial charge in [0.1, 0.15) is 10.6 Å². The standard InChI is InChI=1S/C28H29F5N2O4S/c1-16-14-35(15-24(36)34-16)25(37)21-11-12-27(40(38,39)20-7-5-19(29)6-8-20)22-10-4-18(26(2,30)28(31,32)33)13-17(22)3-9-23(21)27/h4-8,10,13,16,21,23H,3,9,11-12,14-15H2,1-2H3,(H,34,36)/t16?,21-,23+,26?,27-/m1/s1. The van der Waals surface area contributed by atoms with E-state index in [-0.39, 0.29) is 72.7 Å². The van der Waals surface area contributed by atoms with E-state index in [0.29, 0.717) is 6.92 Å². The van der Waals surface area contributed by atoms with Gasteiger partial charge in [-0.15, -0.1) is 0 Å². The lowest BCUT2D eigenvalue weighted by Gasteiger charge is -2.43. The first-order valence-corrected chi connectivity index (χ1v) is 14.6. The SMILES string of the molecule is CC1CN(C(=O)[C@@H]2CC[C@@]3(S(=O)(=O)c4ccc(F)cc4)c4ccc(C(C)(F)C(F)(F)F)cc4CC[C@@H]23)CC(=O)N1. The molecule has 1 heterocycles. The average molecular weight is 585 g/mol. The summed E-state index contributed by atoms with van der Waals surface area (Å²) in [7, 11) is -4.32. The van der Waals surface area contributed by atoms with E-state index in [1.807, 2.05) is 0 Å². The van der Waals surface area contributed by atoms with Crippen LogP contribution in [0.4, 0.5) is 22.0 Å². The molecule has 0 radical (unpaired) electrons. The Kier molecular flexibility index (Phi) is 6.79. The molecule has 2 aromatic carbocycles. The lowest BCUT2D eigenvalue weighted by Crippen LogP contribution is -2.56. The van der Waals surface area contributed by atoms with Crippen molar-refractivity contribution in [1.29, 1.82) is 0 Å². The Morgan fingerprint density at radius 3 is 2.38 bits per heavy atom. The highest BCUT2D eigenvalue weighted by Gasteiger charge is 2.62. The summed E-state index contributed by atoms with van der Waals surface area (Å²) in [5.74, 6) is -2.84. The molecule has 1 aliphatic heterocycles. The number of carbonyl (C=O) groups excluding carboxylic acids is 2. The first-order chi connectivity index (χ1) is 18.6. The van der Waals surface area contributed by atoms with Crippen molar-refractivity contribution in [3.05, 3.63) is 65.0 Å². The van der Waals surface area contributed by atoms with Crippen molar-refractivity contribution in [2.24, 2.45) is 11.8 Å². The van der Waals surface area contributed by atoms with Gasteiger partial charge in [-0.05, 0) is 86.4 Å². The molecule has 6 nitrogen and oxygen atoms in total. The van der Waals surface area contributed by atoms with E-state index in [0.717, 1.165) is 36.4 Å². The zero-order chi connectivity index (χ0) is 29.3. The molecular formula is C28H29F5N2O4S. The minimum Gasteiger partial charge on any atom is -0.350 e. The van der Waals surface area contributed by atoms with Crippen LogP contribution in [0.5, 0.6) is 0 Å². The first kappa shape index (κ1) is 28.5. The summed E-state index contributed by atoms with van der Waals surface area (Å²) in [6.07, 6.45) is -4.73. The van der Waals surface area contributed by atoms with Gasteiger partial charge in [-0.2, -0.15) is 13.2 Å². The van der Waals surface area contributed by atoms with Gasteiger partial charge in [0, 0.05) is 18.5 Å². The Hall–Kier alpha value is -3.02. The summed E-state index contributed by atoms with van der Waals surface area (Å²) in [6.45, 7) is 2.28. The van der Waals surface area contributed by atoms with Crippen LogP contribution in [0, 0.1) is 17.7 Å². The number of aryl methyl sites for hydroxylation is 1. The molecule has 2 aliphatic carbocycles. The molecule has 5 rings (SSSR count). The van der Waals surface area contributed by atoms with E-state index in [4.69, 9.17) is 0 Å². The molecule has 2 unspecified atom stereocenters. The number of hydrogen-bond donors (Lipinski definition) is 1. The predicted octanol–water partition coefficient (Wildman–Crippen LogP) is 4.56. The zero-order valence-electron chi connectivity index (χ0n) is 21.9. The third-order valence-electron chi connectivity index (χ3n) is 8.74. The normalized spacial score (nSPS) is 28.3. The summed E-state index contributed by atoms with van der Waals surface area (Å²) >= 11 is 0. The number of nitrogens with zero attached hydrogens (tertiary/aromatic N) is 1. The summed E-state index contributed by atoms with van der Waals surface area (Å²) in [5.41, 5.74) is -3.78. The lowest BCUT2D eigenvalue weighted by atomic mass is 9.72. The Bertz CT molecular complexity index is 1460. The predicted molar refractivity (Wildman–Crippen MR) is 135 cm³/mol. The molecule has 12 heteroatoms. The summed E-state index contributed by atoms with van der Waals surface area (Å²) in [6, 6.07) is 7.28. The fourth-order valence-electron chi connectivity index (χ4n) is 6.77. The fraction of sp³-hybridized carbons (Fsp3) is 0.500. The van der Waals surface area contributed by atoms with Crippen molar-refractivity contribution in [2.75, 3.05) is 13.1 Å². The smallest absolute Gasteiger partial charge is 0.350 e. The minimum absolute atomic E-state index is 0.0120. The Balaban J connectivity index is 1.64. The monoisotopic (exact) mass is 584 g/mol. The molecule has 5 atom stereocenters. The molecular weight excluding hydrogens is 555 g/mol. The van der Waals surface area contributed by atoms with Crippen LogP contribution in [0.2, 0.25) is 0 Å². The molecule has 2 fully saturated rings. The molecule has 0 spiro atoms. The Morgan fingerprint density at radius 1 is 1.07 bits per heavy atom. The maximum Gasteiger partial charge on any atom is 0.426 e. The molecule has 0 aromatic heterocycles. The number of alkyl halides is 4. The maximum absolute atomic E-state index is 14.9. The molecule has 1 N–H and O–H groups in total. The number of benzene rings is 2. The number of carbonyl (C=O) groups is 2. The van der Waals surface area contributed by atoms with Crippen LogP contribution in [0.15, 0.2) is 47.4 Å². The van der Waals surface area contributed by atoms with E-state index in [1.54, 1.807) is 6.92 Å². The number of hydrogen-bond acceptors (Lipinski definition) is 4. The molecule has 2 amide bonds. The zero-order valence-corrected chi connectivity index (χ0v) is 22.7. The van der Waals surface area contributed by atoms with E-state index in [9.17, 15) is 40.0 Å². The van der Waals surface area contributed by atoms with Crippen molar-refractivity contribution in [2.45, 2.75) is 67.1 Å². The average Bonchev–Trinajstić information content (AvgIpc) is 3.28. The quantitative estimate of drug-likeness (QED) is 0.422. The van der Waals surface area contributed by atoms with Gasteiger partial charge in [-0.1, -0.05) is 18.2 Å². The largest absolute Gasteiger partial charge is 0.426 e. The molecule has 1 saturated heterocycles. The van der Waals surface area contributed by atoms with Gasteiger partial charge in [0.15, 0.2) is 9.84 Å².